The van der Waals surface area contributed by atoms with Gasteiger partial charge in [-0.1, -0.05) is 44.2 Å². The second-order valence-corrected chi connectivity index (χ2v) is 6.68. The van der Waals surface area contributed by atoms with Crippen molar-refractivity contribution in [3.63, 3.8) is 0 Å². The lowest BCUT2D eigenvalue weighted by Crippen LogP contribution is -2.30. The average molecular weight is 353 g/mol. The molecule has 1 N–H and O–H groups in total. The summed E-state index contributed by atoms with van der Waals surface area (Å²) in [5.74, 6) is -0.484. The number of ether oxygens (including phenoxy) is 1. The molecule has 0 spiro atoms. The van der Waals surface area contributed by atoms with E-state index >= 15 is 0 Å². The fourth-order valence-electron chi connectivity index (χ4n) is 2.74. The minimum absolute atomic E-state index is 0.333. The summed E-state index contributed by atoms with van der Waals surface area (Å²) in [6, 6.07) is 13.2. The number of hydrogen-bond donors (Lipinski definition) is 1. The molecule has 0 aliphatic heterocycles. The molecule has 0 heterocycles. The molecule has 0 aromatic heterocycles. The topological polar surface area (TPSA) is 55.4 Å². The summed E-state index contributed by atoms with van der Waals surface area (Å²) >= 11 is 0. The predicted molar refractivity (Wildman–Crippen MR) is 105 cm³/mol. The van der Waals surface area contributed by atoms with E-state index in [-0.39, 0.29) is 5.91 Å². The Labute approximate surface area is 155 Å². The zero-order valence-corrected chi connectivity index (χ0v) is 16.1. The number of para-hydroxylation sites is 1. The van der Waals surface area contributed by atoms with Gasteiger partial charge in [-0.25, -0.2) is 4.79 Å². The lowest BCUT2D eigenvalue weighted by molar-refractivity contribution is -0.123. The van der Waals surface area contributed by atoms with E-state index in [1.165, 1.54) is 0 Å². The van der Waals surface area contributed by atoms with Crippen LogP contribution in [0.3, 0.4) is 0 Å². The molecule has 0 aliphatic carbocycles. The molecular formula is C22H27NO3. The van der Waals surface area contributed by atoms with Gasteiger partial charge < -0.3 is 10.1 Å². The second-order valence-electron chi connectivity index (χ2n) is 6.68. The van der Waals surface area contributed by atoms with Gasteiger partial charge in [-0.2, -0.15) is 0 Å². The number of rotatable bonds is 6. The van der Waals surface area contributed by atoms with Crippen molar-refractivity contribution in [2.24, 2.45) is 0 Å². The highest BCUT2D eigenvalue weighted by Crippen LogP contribution is 2.26. The van der Waals surface area contributed by atoms with Crippen LogP contribution in [0, 0.1) is 13.8 Å². The number of carbonyl (C=O) groups excluding carboxylic acids is 2. The minimum Gasteiger partial charge on any atom is -0.449 e. The standard InChI is InChI=1S/C22H27NO3/c1-6-14(2)18-11-7-8-13-20(18)23-21(24)17(5)26-22(25)19-12-9-10-15(3)16(19)4/h7-14,17H,6H2,1-5H3,(H,23,24)/t14-,17-/m0/s1. The van der Waals surface area contributed by atoms with Gasteiger partial charge in [-0.15, -0.1) is 0 Å². The van der Waals surface area contributed by atoms with E-state index in [0.29, 0.717) is 11.5 Å². The number of anilines is 1. The first-order chi connectivity index (χ1) is 12.3. The molecule has 138 valence electrons. The average Bonchev–Trinajstić information content (AvgIpc) is 2.63. The van der Waals surface area contributed by atoms with Crippen LogP contribution in [-0.2, 0) is 9.53 Å². The van der Waals surface area contributed by atoms with Gasteiger partial charge in [0.25, 0.3) is 5.91 Å². The Morgan fingerprint density at radius 3 is 2.42 bits per heavy atom. The van der Waals surface area contributed by atoms with Crippen molar-refractivity contribution in [2.75, 3.05) is 5.32 Å². The summed E-state index contributed by atoms with van der Waals surface area (Å²) in [7, 11) is 0. The minimum atomic E-state index is -0.882. The number of esters is 1. The maximum Gasteiger partial charge on any atom is 0.339 e. The molecule has 0 fully saturated rings. The maximum atomic E-state index is 12.5. The molecule has 0 bridgehead atoms. The molecule has 2 aromatic carbocycles. The normalized spacial score (nSPS) is 13.0. The molecule has 2 atom stereocenters. The molecule has 0 radical (unpaired) electrons. The molecule has 0 saturated heterocycles. The van der Waals surface area contributed by atoms with E-state index in [0.717, 1.165) is 28.8 Å². The Morgan fingerprint density at radius 1 is 1.04 bits per heavy atom. The van der Waals surface area contributed by atoms with Crippen LogP contribution in [0.25, 0.3) is 0 Å². The zero-order valence-electron chi connectivity index (χ0n) is 16.1. The lowest BCUT2D eigenvalue weighted by Gasteiger charge is -2.18. The van der Waals surface area contributed by atoms with E-state index in [1.54, 1.807) is 13.0 Å². The van der Waals surface area contributed by atoms with Crippen LogP contribution in [0.2, 0.25) is 0 Å². The van der Waals surface area contributed by atoms with Crippen LogP contribution in [0.15, 0.2) is 42.5 Å². The number of benzene rings is 2. The van der Waals surface area contributed by atoms with Crippen LogP contribution in [0.5, 0.6) is 0 Å². The van der Waals surface area contributed by atoms with Gasteiger partial charge in [-0.3, -0.25) is 4.79 Å². The Morgan fingerprint density at radius 2 is 1.73 bits per heavy atom. The molecular weight excluding hydrogens is 326 g/mol. The third-order valence-electron chi connectivity index (χ3n) is 4.84. The Kier molecular flexibility index (Phi) is 6.56. The largest absolute Gasteiger partial charge is 0.449 e. The van der Waals surface area contributed by atoms with Crippen molar-refractivity contribution in [3.05, 3.63) is 64.7 Å². The van der Waals surface area contributed by atoms with E-state index < -0.39 is 12.1 Å². The van der Waals surface area contributed by atoms with Gasteiger partial charge in [0.1, 0.15) is 0 Å². The van der Waals surface area contributed by atoms with Gasteiger partial charge in [-0.05, 0) is 61.9 Å². The molecule has 26 heavy (non-hydrogen) atoms. The highest BCUT2D eigenvalue weighted by Gasteiger charge is 2.21. The number of amides is 1. The Hall–Kier alpha value is -2.62. The molecule has 2 rings (SSSR count). The predicted octanol–water partition coefficient (Wildman–Crippen LogP) is 5.00. The summed E-state index contributed by atoms with van der Waals surface area (Å²) in [4.78, 5) is 24.9. The van der Waals surface area contributed by atoms with Crippen molar-refractivity contribution in [1.82, 2.24) is 0 Å². The monoisotopic (exact) mass is 353 g/mol. The third kappa shape index (κ3) is 4.51. The highest BCUT2D eigenvalue weighted by atomic mass is 16.5. The van der Waals surface area contributed by atoms with Crippen molar-refractivity contribution in [2.45, 2.75) is 53.1 Å². The molecule has 0 saturated carbocycles. The van der Waals surface area contributed by atoms with Crippen LogP contribution >= 0.6 is 0 Å². The first-order valence-corrected chi connectivity index (χ1v) is 9.02. The van der Waals surface area contributed by atoms with E-state index in [4.69, 9.17) is 4.74 Å². The summed E-state index contributed by atoms with van der Waals surface area (Å²) in [5.41, 5.74) is 4.22. The van der Waals surface area contributed by atoms with Gasteiger partial charge >= 0.3 is 5.97 Å². The molecule has 0 aliphatic rings. The van der Waals surface area contributed by atoms with Crippen LogP contribution < -0.4 is 5.32 Å². The number of nitrogens with one attached hydrogen (secondary N) is 1. The maximum absolute atomic E-state index is 12.5. The second kappa shape index (κ2) is 8.65. The van der Waals surface area contributed by atoms with Gasteiger partial charge in [0, 0.05) is 5.69 Å². The van der Waals surface area contributed by atoms with Crippen molar-refractivity contribution < 1.29 is 14.3 Å². The summed E-state index contributed by atoms with van der Waals surface area (Å²) in [6.07, 6.45) is 0.0942. The molecule has 4 heteroatoms. The fraction of sp³-hybridized carbons (Fsp3) is 0.364. The van der Waals surface area contributed by atoms with Crippen molar-refractivity contribution in [1.29, 1.82) is 0 Å². The van der Waals surface area contributed by atoms with E-state index in [9.17, 15) is 9.59 Å². The summed E-state index contributed by atoms with van der Waals surface area (Å²) in [6.45, 7) is 9.63. The molecule has 4 nitrogen and oxygen atoms in total. The molecule has 0 unspecified atom stereocenters. The highest BCUT2D eigenvalue weighted by molar-refractivity contribution is 5.98. The van der Waals surface area contributed by atoms with Crippen molar-refractivity contribution in [3.8, 4) is 0 Å². The van der Waals surface area contributed by atoms with Gasteiger partial charge in [0.15, 0.2) is 6.10 Å². The first kappa shape index (κ1) is 19.7. The Bertz CT molecular complexity index is 798. The Balaban J connectivity index is 2.09. The first-order valence-electron chi connectivity index (χ1n) is 9.02. The lowest BCUT2D eigenvalue weighted by atomic mass is 9.97. The number of hydrogen-bond acceptors (Lipinski definition) is 3. The van der Waals surface area contributed by atoms with E-state index in [1.807, 2.05) is 50.2 Å². The fourth-order valence-corrected chi connectivity index (χ4v) is 2.74. The molecule has 1 amide bonds. The summed E-state index contributed by atoms with van der Waals surface area (Å²) < 4.78 is 5.38. The number of carbonyl (C=O) groups is 2. The third-order valence-corrected chi connectivity index (χ3v) is 4.84. The van der Waals surface area contributed by atoms with Crippen LogP contribution in [-0.4, -0.2) is 18.0 Å². The zero-order chi connectivity index (χ0) is 19.3. The summed E-state index contributed by atoms with van der Waals surface area (Å²) in [5, 5.41) is 2.89. The van der Waals surface area contributed by atoms with Crippen LogP contribution in [0.4, 0.5) is 5.69 Å². The van der Waals surface area contributed by atoms with E-state index in [2.05, 4.69) is 19.2 Å². The SMILES string of the molecule is CC[C@H](C)c1ccccc1NC(=O)[C@H](C)OC(=O)c1cccc(C)c1C. The van der Waals surface area contributed by atoms with Crippen molar-refractivity contribution >= 4 is 17.6 Å². The van der Waals surface area contributed by atoms with Gasteiger partial charge in [0.05, 0.1) is 5.56 Å². The van der Waals surface area contributed by atoms with Crippen LogP contribution in [0.1, 0.15) is 60.2 Å². The quantitative estimate of drug-likeness (QED) is 0.744. The molecule has 2 aromatic rings. The smallest absolute Gasteiger partial charge is 0.339 e. The van der Waals surface area contributed by atoms with Gasteiger partial charge in [0.2, 0.25) is 0 Å². The number of aryl methyl sites for hydroxylation is 1.